The van der Waals surface area contributed by atoms with Crippen LogP contribution < -0.4 is 0 Å². The zero-order chi connectivity index (χ0) is 13.1. The number of hydrogen-bond acceptors (Lipinski definition) is 3. The second kappa shape index (κ2) is 5.83. The van der Waals surface area contributed by atoms with Crippen molar-refractivity contribution in [3.05, 3.63) is 0 Å². The molecule has 1 aliphatic heterocycles. The van der Waals surface area contributed by atoms with Gasteiger partial charge in [0.15, 0.2) is 0 Å². The van der Waals surface area contributed by atoms with Gasteiger partial charge in [0, 0.05) is 38.0 Å². The van der Waals surface area contributed by atoms with Gasteiger partial charge in [-0.25, -0.2) is 0 Å². The van der Waals surface area contributed by atoms with Crippen LogP contribution in [0, 0.1) is 11.8 Å². The number of rotatable bonds is 2. The molecular weight excluding hydrogens is 228 g/mol. The fraction of sp³-hybridized carbons (Fsp3) is 0.857. The second-order valence-electron chi connectivity index (χ2n) is 5.79. The first-order valence-corrected chi connectivity index (χ1v) is 7.05. The van der Waals surface area contributed by atoms with Crippen LogP contribution in [0.15, 0.2) is 0 Å². The summed E-state index contributed by atoms with van der Waals surface area (Å²) in [5, 5.41) is 0. The molecule has 0 bridgehead atoms. The molecule has 0 aromatic rings. The summed E-state index contributed by atoms with van der Waals surface area (Å²) in [6, 6.07) is 0. The van der Waals surface area contributed by atoms with Gasteiger partial charge in [0.2, 0.25) is 5.91 Å². The number of amides is 1. The number of carbonyl (C=O) groups is 2. The van der Waals surface area contributed by atoms with Gasteiger partial charge >= 0.3 is 0 Å². The Balaban J connectivity index is 1.82. The summed E-state index contributed by atoms with van der Waals surface area (Å²) in [6.45, 7) is 5.36. The first kappa shape index (κ1) is 13.5. The summed E-state index contributed by atoms with van der Waals surface area (Å²) in [5.41, 5.74) is 0. The van der Waals surface area contributed by atoms with Crippen LogP contribution in [0.25, 0.3) is 0 Å². The number of likely N-dealkylation sites (N-methyl/N-ethyl adjacent to an activating group) is 1. The molecule has 0 N–H and O–H groups in total. The minimum absolute atomic E-state index is 0.170. The Hall–Kier alpha value is -0.900. The van der Waals surface area contributed by atoms with E-state index in [-0.39, 0.29) is 11.8 Å². The van der Waals surface area contributed by atoms with Crippen molar-refractivity contribution in [3.8, 4) is 0 Å². The smallest absolute Gasteiger partial charge is 0.225 e. The fourth-order valence-electron chi connectivity index (χ4n) is 3.03. The summed E-state index contributed by atoms with van der Waals surface area (Å²) in [4.78, 5) is 27.9. The number of piperazine rings is 1. The lowest BCUT2D eigenvalue weighted by atomic mass is 9.79. The molecule has 1 saturated carbocycles. The molecule has 102 valence electrons. The highest BCUT2D eigenvalue weighted by Crippen LogP contribution is 2.30. The summed E-state index contributed by atoms with van der Waals surface area (Å²) in [7, 11) is 2.10. The normalized spacial score (nSPS) is 30.2. The van der Waals surface area contributed by atoms with Gasteiger partial charge in [0.1, 0.15) is 5.78 Å². The second-order valence-corrected chi connectivity index (χ2v) is 5.79. The quantitative estimate of drug-likeness (QED) is 0.740. The Morgan fingerprint density at radius 1 is 0.889 bits per heavy atom. The van der Waals surface area contributed by atoms with E-state index in [9.17, 15) is 9.59 Å². The molecule has 1 heterocycles. The molecule has 1 saturated heterocycles. The van der Waals surface area contributed by atoms with Crippen LogP contribution in [-0.2, 0) is 9.59 Å². The van der Waals surface area contributed by atoms with Gasteiger partial charge in [0.25, 0.3) is 0 Å². The van der Waals surface area contributed by atoms with E-state index in [2.05, 4.69) is 11.9 Å². The van der Waals surface area contributed by atoms with E-state index >= 15 is 0 Å². The van der Waals surface area contributed by atoms with E-state index in [1.54, 1.807) is 6.92 Å². The number of Topliss-reactive ketones (excluding diaryl/α,β-unsaturated/α-hetero) is 1. The highest BCUT2D eigenvalue weighted by Gasteiger charge is 2.31. The standard InChI is InChI=1S/C14H24N2O2/c1-11(17)12-3-5-13(6-4-12)14(18)16-9-7-15(2)8-10-16/h12-13H,3-10H2,1-2H3. The topological polar surface area (TPSA) is 40.6 Å². The number of carbonyl (C=O) groups excluding carboxylic acids is 2. The van der Waals surface area contributed by atoms with E-state index in [4.69, 9.17) is 0 Å². The molecule has 2 aliphatic rings. The predicted octanol–water partition coefficient (Wildman–Crippen LogP) is 1.16. The van der Waals surface area contributed by atoms with Gasteiger partial charge in [-0.1, -0.05) is 0 Å². The fourth-order valence-corrected chi connectivity index (χ4v) is 3.03. The number of hydrogen-bond donors (Lipinski definition) is 0. The van der Waals surface area contributed by atoms with Crippen molar-refractivity contribution in [2.24, 2.45) is 11.8 Å². The summed E-state index contributed by atoms with van der Waals surface area (Å²) in [5.74, 6) is 0.996. The Labute approximate surface area is 109 Å². The molecule has 0 radical (unpaired) electrons. The Morgan fingerprint density at radius 3 is 1.89 bits per heavy atom. The maximum absolute atomic E-state index is 12.4. The molecule has 18 heavy (non-hydrogen) atoms. The lowest BCUT2D eigenvalue weighted by Gasteiger charge is -2.36. The molecule has 0 aromatic heterocycles. The molecule has 0 unspecified atom stereocenters. The van der Waals surface area contributed by atoms with Crippen LogP contribution in [0.1, 0.15) is 32.6 Å². The molecule has 4 heteroatoms. The van der Waals surface area contributed by atoms with Crippen LogP contribution in [0.5, 0.6) is 0 Å². The van der Waals surface area contributed by atoms with Crippen molar-refractivity contribution in [2.75, 3.05) is 33.2 Å². The summed E-state index contributed by atoms with van der Waals surface area (Å²) >= 11 is 0. The lowest BCUT2D eigenvalue weighted by molar-refractivity contribution is -0.139. The third-order valence-corrected chi connectivity index (χ3v) is 4.47. The number of ketones is 1. The summed E-state index contributed by atoms with van der Waals surface area (Å²) < 4.78 is 0. The lowest BCUT2D eigenvalue weighted by Crippen LogP contribution is -2.49. The Bertz CT molecular complexity index is 314. The van der Waals surface area contributed by atoms with Gasteiger partial charge in [0.05, 0.1) is 0 Å². The molecule has 0 spiro atoms. The van der Waals surface area contributed by atoms with Crippen LogP contribution in [0.4, 0.5) is 0 Å². The van der Waals surface area contributed by atoms with E-state index in [1.165, 1.54) is 0 Å². The van der Waals surface area contributed by atoms with Crippen molar-refractivity contribution < 1.29 is 9.59 Å². The predicted molar refractivity (Wildman–Crippen MR) is 70.2 cm³/mol. The SMILES string of the molecule is CC(=O)C1CCC(C(=O)N2CCN(C)CC2)CC1. The van der Waals surface area contributed by atoms with Gasteiger partial charge in [-0.2, -0.15) is 0 Å². The zero-order valence-electron chi connectivity index (χ0n) is 11.5. The van der Waals surface area contributed by atoms with E-state index < -0.39 is 0 Å². The monoisotopic (exact) mass is 252 g/mol. The van der Waals surface area contributed by atoms with Gasteiger partial charge in [-0.3, -0.25) is 9.59 Å². The third-order valence-electron chi connectivity index (χ3n) is 4.47. The van der Waals surface area contributed by atoms with Gasteiger partial charge in [-0.15, -0.1) is 0 Å². The zero-order valence-corrected chi connectivity index (χ0v) is 11.5. The minimum atomic E-state index is 0.170. The largest absolute Gasteiger partial charge is 0.340 e. The first-order chi connectivity index (χ1) is 8.58. The van der Waals surface area contributed by atoms with Crippen molar-refractivity contribution in [1.82, 2.24) is 9.80 Å². The Morgan fingerprint density at radius 2 is 1.39 bits per heavy atom. The van der Waals surface area contributed by atoms with Crippen molar-refractivity contribution in [2.45, 2.75) is 32.6 Å². The van der Waals surface area contributed by atoms with Crippen LogP contribution in [0.2, 0.25) is 0 Å². The van der Waals surface area contributed by atoms with E-state index in [0.29, 0.717) is 11.7 Å². The molecule has 2 fully saturated rings. The molecule has 2 rings (SSSR count). The van der Waals surface area contributed by atoms with Crippen molar-refractivity contribution >= 4 is 11.7 Å². The highest BCUT2D eigenvalue weighted by atomic mass is 16.2. The molecule has 1 amide bonds. The Kier molecular flexibility index (Phi) is 4.38. The van der Waals surface area contributed by atoms with Gasteiger partial charge < -0.3 is 9.80 Å². The average molecular weight is 252 g/mol. The maximum Gasteiger partial charge on any atom is 0.225 e. The average Bonchev–Trinajstić information content (AvgIpc) is 2.39. The molecule has 0 atom stereocenters. The highest BCUT2D eigenvalue weighted by molar-refractivity contribution is 5.81. The molecular formula is C14H24N2O2. The first-order valence-electron chi connectivity index (χ1n) is 7.05. The van der Waals surface area contributed by atoms with Crippen LogP contribution in [-0.4, -0.2) is 54.7 Å². The van der Waals surface area contributed by atoms with E-state index in [0.717, 1.165) is 51.9 Å². The summed E-state index contributed by atoms with van der Waals surface area (Å²) in [6.07, 6.45) is 3.60. The van der Waals surface area contributed by atoms with E-state index in [1.807, 2.05) is 4.90 Å². The van der Waals surface area contributed by atoms with Crippen molar-refractivity contribution in [1.29, 1.82) is 0 Å². The maximum atomic E-state index is 12.4. The molecule has 4 nitrogen and oxygen atoms in total. The third kappa shape index (κ3) is 3.10. The van der Waals surface area contributed by atoms with Crippen LogP contribution in [0.3, 0.4) is 0 Å². The molecule has 1 aliphatic carbocycles. The molecule has 0 aromatic carbocycles. The van der Waals surface area contributed by atoms with Gasteiger partial charge in [-0.05, 0) is 39.7 Å². The van der Waals surface area contributed by atoms with Crippen LogP contribution >= 0.6 is 0 Å². The van der Waals surface area contributed by atoms with Crippen molar-refractivity contribution in [3.63, 3.8) is 0 Å². The minimum Gasteiger partial charge on any atom is -0.340 e. The number of nitrogens with zero attached hydrogens (tertiary/aromatic N) is 2.